The van der Waals surface area contributed by atoms with Crippen LogP contribution in [0.15, 0.2) is 24.3 Å². The predicted molar refractivity (Wildman–Crippen MR) is 70.6 cm³/mol. The Hall–Kier alpha value is -1.16. The van der Waals surface area contributed by atoms with E-state index in [0.717, 1.165) is 8.87 Å². The molecule has 0 spiro atoms. The first-order chi connectivity index (χ1) is 9.17. The molecule has 0 fully saturated rings. The summed E-state index contributed by atoms with van der Waals surface area (Å²) < 4.78 is 39.8. The van der Waals surface area contributed by atoms with Gasteiger partial charge in [0.25, 0.3) is 0 Å². The van der Waals surface area contributed by atoms with E-state index in [1.807, 2.05) is 12.1 Å². The van der Waals surface area contributed by atoms with Crippen molar-refractivity contribution in [3.63, 3.8) is 0 Å². The Morgan fingerprint density at radius 2 is 1.89 bits per heavy atom. The van der Waals surface area contributed by atoms with Crippen LogP contribution in [-0.4, -0.2) is 28.2 Å². The van der Waals surface area contributed by atoms with Crippen LogP contribution in [0, 0.1) is 11.6 Å². The van der Waals surface area contributed by atoms with Crippen molar-refractivity contribution in [2.75, 3.05) is 13.7 Å². The van der Waals surface area contributed by atoms with E-state index < -0.39 is 11.6 Å². The summed E-state index contributed by atoms with van der Waals surface area (Å²) in [5.41, 5.74) is 0.309. The van der Waals surface area contributed by atoms with Crippen LogP contribution in [0.2, 0.25) is 0 Å². The summed E-state index contributed by atoms with van der Waals surface area (Å²) in [6.45, 7) is 2.57. The molecule has 0 saturated carbocycles. The normalized spacial score (nSPS) is 10.7. The van der Waals surface area contributed by atoms with Gasteiger partial charge in [0, 0.05) is 0 Å². The zero-order valence-corrected chi connectivity index (χ0v) is 12.4. The second-order valence-electron chi connectivity index (χ2n) is 3.87. The van der Waals surface area contributed by atoms with Crippen LogP contribution in [0.25, 0.3) is 10.0 Å². The van der Waals surface area contributed by atoms with E-state index in [2.05, 4.69) is 0 Å². The molecule has 0 amide bonds. The topological polar surface area (TPSA) is 18.5 Å². The van der Waals surface area contributed by atoms with Gasteiger partial charge in [-0.1, -0.05) is 0 Å². The van der Waals surface area contributed by atoms with Crippen molar-refractivity contribution in [3.8, 4) is 15.8 Å². The fourth-order valence-corrected chi connectivity index (χ4v) is 3.83. The van der Waals surface area contributed by atoms with Gasteiger partial charge in [-0.25, -0.2) is 0 Å². The minimum absolute atomic E-state index is 0.0174. The van der Waals surface area contributed by atoms with E-state index >= 15 is 0 Å². The maximum absolute atomic E-state index is 14.0. The third-order valence-corrected chi connectivity index (χ3v) is 4.85. The monoisotopic (exact) mass is 332 g/mol. The van der Waals surface area contributed by atoms with Crippen molar-refractivity contribution in [3.05, 3.63) is 40.3 Å². The molecule has 5 heteroatoms. The average Bonchev–Trinajstić information content (AvgIpc) is 2.84. The molecule has 0 aliphatic rings. The molecule has 0 aliphatic carbocycles. The van der Waals surface area contributed by atoms with Crippen LogP contribution >= 0.6 is 0 Å². The van der Waals surface area contributed by atoms with Crippen molar-refractivity contribution >= 4 is 14.5 Å². The number of halogens is 2. The molecule has 0 bridgehead atoms. The SMILES string of the molecule is CCOc1ccc(-c2ccc(COC)[se]2)c(F)c1F. The molecule has 2 nitrogen and oxygen atoms in total. The Labute approximate surface area is 116 Å². The number of methoxy groups -OCH3 is 1. The Kier molecular flexibility index (Phi) is 4.75. The van der Waals surface area contributed by atoms with Crippen molar-refractivity contribution in [2.45, 2.75) is 13.5 Å². The Morgan fingerprint density at radius 3 is 2.58 bits per heavy atom. The van der Waals surface area contributed by atoms with E-state index in [-0.39, 0.29) is 20.3 Å². The molecule has 0 atom stereocenters. The minimum atomic E-state index is -0.920. The van der Waals surface area contributed by atoms with E-state index in [4.69, 9.17) is 9.47 Å². The number of rotatable bonds is 5. The Bertz CT molecular complexity index is 567. The second-order valence-corrected chi connectivity index (χ2v) is 6.32. The van der Waals surface area contributed by atoms with Gasteiger partial charge in [-0.3, -0.25) is 0 Å². The van der Waals surface area contributed by atoms with Crippen molar-refractivity contribution < 1.29 is 18.3 Å². The van der Waals surface area contributed by atoms with E-state index in [9.17, 15) is 8.78 Å². The quantitative estimate of drug-likeness (QED) is 0.783. The number of hydrogen-bond acceptors (Lipinski definition) is 2. The summed E-state index contributed by atoms with van der Waals surface area (Å²) in [5.74, 6) is -1.80. The summed E-state index contributed by atoms with van der Waals surface area (Å²) in [6.07, 6.45) is 0. The van der Waals surface area contributed by atoms with Gasteiger partial charge < -0.3 is 0 Å². The van der Waals surface area contributed by atoms with Gasteiger partial charge in [-0.15, -0.1) is 0 Å². The third kappa shape index (κ3) is 3.06. The summed E-state index contributed by atoms with van der Waals surface area (Å²) in [7, 11) is 1.62. The van der Waals surface area contributed by atoms with E-state index in [0.29, 0.717) is 18.8 Å². The van der Waals surface area contributed by atoms with Gasteiger partial charge in [0.15, 0.2) is 0 Å². The van der Waals surface area contributed by atoms with Crippen molar-refractivity contribution in [1.82, 2.24) is 0 Å². The van der Waals surface area contributed by atoms with E-state index in [1.54, 1.807) is 20.1 Å². The molecule has 0 saturated heterocycles. The molecule has 2 rings (SSSR count). The Morgan fingerprint density at radius 1 is 1.11 bits per heavy atom. The van der Waals surface area contributed by atoms with E-state index in [1.165, 1.54) is 6.07 Å². The van der Waals surface area contributed by atoms with Gasteiger partial charge >= 0.3 is 116 Å². The molecule has 0 unspecified atom stereocenters. The number of hydrogen-bond donors (Lipinski definition) is 0. The molecular weight excluding hydrogens is 317 g/mol. The van der Waals surface area contributed by atoms with Crippen molar-refractivity contribution in [1.29, 1.82) is 0 Å². The zero-order chi connectivity index (χ0) is 13.8. The summed E-state index contributed by atoms with van der Waals surface area (Å²) in [6, 6.07) is 6.78. The van der Waals surface area contributed by atoms with Gasteiger partial charge in [0.05, 0.1) is 0 Å². The van der Waals surface area contributed by atoms with Crippen LogP contribution in [0.5, 0.6) is 5.75 Å². The average molecular weight is 331 g/mol. The molecule has 102 valence electrons. The van der Waals surface area contributed by atoms with Gasteiger partial charge in [0.2, 0.25) is 0 Å². The predicted octanol–water partition coefficient (Wildman–Crippen LogP) is 3.23. The van der Waals surface area contributed by atoms with Crippen molar-refractivity contribution in [2.24, 2.45) is 0 Å². The molecule has 1 aromatic carbocycles. The fraction of sp³-hybridized carbons (Fsp3) is 0.286. The molecular formula is C14H14F2O2Se. The number of ether oxygens (including phenoxy) is 2. The summed E-state index contributed by atoms with van der Waals surface area (Å²) >= 11 is -0.0174. The Balaban J connectivity index is 2.36. The standard InChI is InChI=1S/C14H14F2O2Se/c1-3-18-11-6-5-10(13(15)14(11)16)12-7-4-9(19-12)8-17-2/h4-7H,3,8H2,1-2H3. The van der Waals surface area contributed by atoms with Crippen LogP contribution in [0.4, 0.5) is 8.78 Å². The molecule has 1 heterocycles. The first-order valence-electron chi connectivity index (χ1n) is 5.86. The van der Waals surface area contributed by atoms with Gasteiger partial charge in [-0.05, 0) is 0 Å². The fourth-order valence-electron chi connectivity index (χ4n) is 1.73. The zero-order valence-electron chi connectivity index (χ0n) is 10.7. The first-order valence-corrected chi connectivity index (χ1v) is 7.57. The summed E-state index contributed by atoms with van der Waals surface area (Å²) in [4.78, 5) is 0. The molecule has 0 aliphatic heterocycles. The summed E-state index contributed by atoms with van der Waals surface area (Å²) in [5, 5.41) is 0. The van der Waals surface area contributed by atoms with Crippen LogP contribution in [0.1, 0.15) is 11.4 Å². The van der Waals surface area contributed by atoms with Crippen LogP contribution in [0.3, 0.4) is 0 Å². The first kappa shape index (κ1) is 14.3. The molecule has 19 heavy (non-hydrogen) atoms. The molecule has 0 radical (unpaired) electrons. The van der Waals surface area contributed by atoms with Gasteiger partial charge in [0.1, 0.15) is 0 Å². The third-order valence-electron chi connectivity index (χ3n) is 2.56. The second kappa shape index (κ2) is 6.33. The maximum atomic E-state index is 14.0. The molecule has 1 aromatic heterocycles. The number of benzene rings is 1. The van der Waals surface area contributed by atoms with Crippen LogP contribution < -0.4 is 4.74 Å². The van der Waals surface area contributed by atoms with Gasteiger partial charge in [-0.2, -0.15) is 0 Å². The molecule has 0 N–H and O–H groups in total. The van der Waals surface area contributed by atoms with Crippen LogP contribution in [-0.2, 0) is 11.3 Å². The molecule has 2 aromatic rings.